The predicted octanol–water partition coefficient (Wildman–Crippen LogP) is 4.65. The number of nitrogens with zero attached hydrogens (tertiary/aromatic N) is 4. The van der Waals surface area contributed by atoms with Crippen molar-refractivity contribution in [1.29, 1.82) is 0 Å². The molecule has 1 amide bonds. The van der Waals surface area contributed by atoms with Crippen LogP contribution in [0.15, 0.2) is 73.2 Å². The van der Waals surface area contributed by atoms with Crippen molar-refractivity contribution < 1.29 is 14.3 Å². The van der Waals surface area contributed by atoms with Crippen molar-refractivity contribution in [1.82, 2.24) is 19.9 Å². The first-order valence-corrected chi connectivity index (χ1v) is 12.9. The van der Waals surface area contributed by atoms with Crippen molar-refractivity contribution in [2.24, 2.45) is 0 Å². The fourth-order valence-corrected chi connectivity index (χ4v) is 5.53. The monoisotopic (exact) mass is 542 g/mol. The molecule has 4 aromatic rings. The molecule has 2 atom stereocenters. The van der Waals surface area contributed by atoms with Crippen molar-refractivity contribution in [3.63, 3.8) is 0 Å². The highest BCUT2D eigenvalue weighted by atomic mass is 32.1. The summed E-state index contributed by atoms with van der Waals surface area (Å²) in [4.78, 5) is 23.4. The van der Waals surface area contributed by atoms with Gasteiger partial charge in [0, 0.05) is 36.6 Å². The Bertz CT molecular complexity index is 1490. The lowest BCUT2D eigenvalue weighted by atomic mass is 9.96. The maximum absolute atomic E-state index is 12.4. The molecular weight excluding hydrogens is 512 g/mol. The maximum Gasteiger partial charge on any atom is 0.250 e. The average molecular weight is 543 g/mol. The molecule has 200 valence electrons. The van der Waals surface area contributed by atoms with Crippen molar-refractivity contribution in [3.05, 3.63) is 95.8 Å². The van der Waals surface area contributed by atoms with Gasteiger partial charge >= 0.3 is 0 Å². The second-order valence-electron chi connectivity index (χ2n) is 9.24. The van der Waals surface area contributed by atoms with Gasteiger partial charge in [-0.1, -0.05) is 6.07 Å². The third-order valence-electron chi connectivity index (χ3n) is 6.80. The number of aromatic nitrogens is 3. The maximum atomic E-state index is 12.4. The first kappa shape index (κ1) is 26.3. The number of hydrogen-bond acceptors (Lipinski definition) is 6. The molecule has 0 unspecified atom stereocenters. The molecule has 39 heavy (non-hydrogen) atoms. The van der Waals surface area contributed by atoms with E-state index < -0.39 is 0 Å². The second kappa shape index (κ2) is 11.2. The lowest BCUT2D eigenvalue weighted by Gasteiger charge is -2.29. The van der Waals surface area contributed by atoms with E-state index in [0.29, 0.717) is 16.5 Å². The summed E-state index contributed by atoms with van der Waals surface area (Å²) in [5.41, 5.74) is 6.44. The molecule has 3 aromatic heterocycles. The number of carbonyl (C=O) groups is 1. The van der Waals surface area contributed by atoms with Crippen molar-refractivity contribution >= 4 is 34.6 Å². The van der Waals surface area contributed by atoms with Crippen LogP contribution in [-0.4, -0.2) is 46.4 Å². The quantitative estimate of drug-likeness (QED) is 0.311. The molecule has 1 aromatic carbocycles. The van der Waals surface area contributed by atoms with E-state index in [1.165, 1.54) is 7.11 Å². The van der Waals surface area contributed by atoms with Gasteiger partial charge in [-0.15, -0.1) is 0 Å². The zero-order valence-corrected chi connectivity index (χ0v) is 23.0. The van der Waals surface area contributed by atoms with E-state index >= 15 is 0 Å². The number of methoxy groups -OCH3 is 2. The molecule has 0 saturated carbocycles. The molecule has 0 radical (unpaired) electrons. The summed E-state index contributed by atoms with van der Waals surface area (Å²) in [6, 6.07) is 17.2. The van der Waals surface area contributed by atoms with Crippen LogP contribution >= 0.6 is 12.2 Å². The summed E-state index contributed by atoms with van der Waals surface area (Å²) in [7, 11) is 3.04. The summed E-state index contributed by atoms with van der Waals surface area (Å²) < 4.78 is 12.7. The molecule has 2 N–H and O–H groups in total. The van der Waals surface area contributed by atoms with Gasteiger partial charge < -0.3 is 29.6 Å². The van der Waals surface area contributed by atoms with Crippen LogP contribution in [0.25, 0.3) is 5.69 Å². The Labute approximate surface area is 232 Å². The van der Waals surface area contributed by atoms with E-state index in [-0.39, 0.29) is 24.6 Å². The van der Waals surface area contributed by atoms with E-state index in [2.05, 4.69) is 50.0 Å². The average Bonchev–Trinajstić information content (AvgIpc) is 3.44. The number of thiocarbonyl (C=S) groups is 1. The van der Waals surface area contributed by atoms with Crippen LogP contribution in [-0.2, 0) is 9.53 Å². The number of amides is 1. The molecule has 0 bridgehead atoms. The third kappa shape index (κ3) is 5.08. The standard InChI is InChI=1S/C29H30N6O3S/c1-18-14-22(19(2)34(18)21-8-7-12-30-16-21)28-27(23-9-5-6-13-31-23)33-29(39)35(28)20-10-11-25(38-4)24(15-20)32-26(36)17-37-3/h5-16,27-28H,17H2,1-4H3,(H,32,36)(H,33,39)/t27-,28-/m1/s1. The minimum absolute atomic E-state index is 0.0677. The Morgan fingerprint density at radius 1 is 1.08 bits per heavy atom. The molecule has 1 saturated heterocycles. The van der Waals surface area contributed by atoms with Crippen LogP contribution in [0.1, 0.15) is 34.7 Å². The number of pyridine rings is 2. The summed E-state index contributed by atoms with van der Waals surface area (Å²) in [6.45, 7) is 4.12. The van der Waals surface area contributed by atoms with Crippen LogP contribution in [0.4, 0.5) is 11.4 Å². The van der Waals surface area contributed by atoms with Gasteiger partial charge in [0.1, 0.15) is 12.4 Å². The zero-order valence-electron chi connectivity index (χ0n) is 22.2. The van der Waals surface area contributed by atoms with Crippen molar-refractivity contribution in [3.8, 4) is 11.4 Å². The van der Waals surface area contributed by atoms with Crippen LogP contribution < -0.4 is 20.3 Å². The number of carbonyl (C=O) groups excluding carboxylic acids is 1. The summed E-state index contributed by atoms with van der Waals surface area (Å²) in [5, 5.41) is 6.95. The number of hydrogen-bond donors (Lipinski definition) is 2. The van der Waals surface area contributed by atoms with Crippen molar-refractivity contribution in [2.45, 2.75) is 25.9 Å². The SMILES string of the molecule is COCC(=O)Nc1cc(N2C(=S)N[C@H](c3ccccn3)[C@H]2c2cc(C)n(-c3cccnc3)c2C)ccc1OC. The molecule has 0 spiro atoms. The van der Waals surface area contributed by atoms with Crippen LogP contribution in [0.3, 0.4) is 0 Å². The second-order valence-corrected chi connectivity index (χ2v) is 9.62. The Morgan fingerprint density at radius 3 is 2.62 bits per heavy atom. The van der Waals surface area contributed by atoms with Gasteiger partial charge in [0.15, 0.2) is 5.11 Å². The first-order valence-electron chi connectivity index (χ1n) is 12.5. The normalized spacial score (nSPS) is 16.7. The minimum atomic E-state index is -0.280. The molecular formula is C29H30N6O3S. The molecule has 1 aliphatic rings. The summed E-state index contributed by atoms with van der Waals surface area (Å²) in [5.74, 6) is 0.256. The fraction of sp³-hybridized carbons (Fsp3) is 0.241. The topological polar surface area (TPSA) is 93.5 Å². The first-order chi connectivity index (χ1) is 18.9. The van der Waals surface area contributed by atoms with E-state index in [1.807, 2.05) is 54.7 Å². The molecule has 1 fully saturated rings. The van der Waals surface area contributed by atoms with Gasteiger partial charge in [0.05, 0.1) is 42.5 Å². The van der Waals surface area contributed by atoms with Gasteiger partial charge in [-0.3, -0.25) is 14.8 Å². The highest BCUT2D eigenvalue weighted by Gasteiger charge is 2.42. The third-order valence-corrected chi connectivity index (χ3v) is 7.12. The number of aryl methyl sites for hydroxylation is 1. The van der Waals surface area contributed by atoms with Crippen molar-refractivity contribution in [2.75, 3.05) is 31.0 Å². The largest absolute Gasteiger partial charge is 0.495 e. The van der Waals surface area contributed by atoms with E-state index in [9.17, 15) is 4.79 Å². The number of ether oxygens (including phenoxy) is 2. The smallest absolute Gasteiger partial charge is 0.250 e. The van der Waals surface area contributed by atoms with Gasteiger partial charge in [-0.2, -0.15) is 0 Å². The molecule has 9 nitrogen and oxygen atoms in total. The molecule has 4 heterocycles. The zero-order chi connectivity index (χ0) is 27.5. The predicted molar refractivity (Wildman–Crippen MR) is 154 cm³/mol. The molecule has 0 aliphatic carbocycles. The molecule has 1 aliphatic heterocycles. The Balaban J connectivity index is 1.64. The van der Waals surface area contributed by atoms with E-state index in [4.69, 9.17) is 21.7 Å². The lowest BCUT2D eigenvalue weighted by Crippen LogP contribution is -2.29. The Morgan fingerprint density at radius 2 is 1.92 bits per heavy atom. The number of anilines is 2. The molecule has 5 rings (SSSR count). The fourth-order valence-electron chi connectivity index (χ4n) is 5.18. The van der Waals surface area contributed by atoms with Gasteiger partial charge in [0.25, 0.3) is 0 Å². The lowest BCUT2D eigenvalue weighted by molar-refractivity contribution is -0.119. The highest BCUT2D eigenvalue weighted by molar-refractivity contribution is 7.80. The number of rotatable bonds is 8. The van der Waals surface area contributed by atoms with Gasteiger partial charge in [-0.05, 0) is 80.2 Å². The Kier molecular flexibility index (Phi) is 7.58. The summed E-state index contributed by atoms with van der Waals surface area (Å²) in [6.07, 6.45) is 5.41. The van der Waals surface area contributed by atoms with E-state index in [1.54, 1.807) is 19.5 Å². The molecule has 10 heteroatoms. The van der Waals surface area contributed by atoms with E-state index in [0.717, 1.165) is 34.0 Å². The van der Waals surface area contributed by atoms with Crippen LogP contribution in [0.2, 0.25) is 0 Å². The van der Waals surface area contributed by atoms with Crippen LogP contribution in [0.5, 0.6) is 5.75 Å². The minimum Gasteiger partial charge on any atom is -0.495 e. The number of benzene rings is 1. The Hall–Kier alpha value is -4.28. The highest BCUT2D eigenvalue weighted by Crippen LogP contribution is 2.45. The van der Waals surface area contributed by atoms with Gasteiger partial charge in [-0.25, -0.2) is 0 Å². The number of nitrogens with one attached hydrogen (secondary N) is 2. The summed E-state index contributed by atoms with van der Waals surface area (Å²) >= 11 is 5.92. The van der Waals surface area contributed by atoms with Crippen LogP contribution in [0, 0.1) is 13.8 Å². The van der Waals surface area contributed by atoms with Gasteiger partial charge in [0.2, 0.25) is 5.91 Å².